The molecular formula is C41H66N6O7. The van der Waals surface area contributed by atoms with Crippen LogP contribution in [-0.2, 0) is 23.9 Å². The molecule has 0 aromatic heterocycles. The van der Waals surface area contributed by atoms with Crippen molar-refractivity contribution < 1.29 is 33.8 Å². The fraction of sp³-hybridized carbons (Fsp3) is 0.683. The highest BCUT2D eigenvalue weighted by Crippen LogP contribution is 2.41. The molecule has 1 heterocycles. The number of ether oxygens (including phenoxy) is 1. The van der Waals surface area contributed by atoms with Crippen LogP contribution in [0.2, 0.25) is 0 Å². The van der Waals surface area contributed by atoms with E-state index in [0.717, 1.165) is 31.2 Å². The van der Waals surface area contributed by atoms with Gasteiger partial charge in [0.2, 0.25) is 17.6 Å². The number of likely N-dealkylation sites (tertiary alicyclic amines) is 1. The fourth-order valence-electron chi connectivity index (χ4n) is 7.35. The van der Waals surface area contributed by atoms with Crippen molar-refractivity contribution in [3.05, 3.63) is 48.2 Å². The summed E-state index contributed by atoms with van der Waals surface area (Å²) in [6.07, 6.45) is 2.53. The molecule has 1 aromatic carbocycles. The van der Waals surface area contributed by atoms with Gasteiger partial charge in [0.1, 0.15) is 12.3 Å². The van der Waals surface area contributed by atoms with Crippen molar-refractivity contribution in [3.8, 4) is 0 Å². The topological polar surface area (TPSA) is 169 Å². The molecule has 54 heavy (non-hydrogen) atoms. The summed E-state index contributed by atoms with van der Waals surface area (Å²) in [6, 6.07) is 6.12. The van der Waals surface area contributed by atoms with Gasteiger partial charge >= 0.3 is 6.09 Å². The minimum Gasteiger partial charge on any atom is -0.449 e. The average Bonchev–Trinajstić information content (AvgIpc) is 3.45. The van der Waals surface area contributed by atoms with Gasteiger partial charge in [-0.3, -0.25) is 24.5 Å². The van der Waals surface area contributed by atoms with Crippen LogP contribution >= 0.6 is 0 Å². The van der Waals surface area contributed by atoms with Crippen molar-refractivity contribution >= 4 is 29.6 Å². The summed E-state index contributed by atoms with van der Waals surface area (Å²) in [7, 11) is 3.64. The summed E-state index contributed by atoms with van der Waals surface area (Å²) >= 11 is 0. The van der Waals surface area contributed by atoms with Crippen molar-refractivity contribution in [2.45, 2.75) is 124 Å². The normalized spacial score (nSPS) is 20.3. The number of carbonyl (C=O) groups is 5. The number of aliphatic hydroxyl groups is 1. The second kappa shape index (κ2) is 19.6. The summed E-state index contributed by atoms with van der Waals surface area (Å²) in [6.45, 7) is 18.4. The third-order valence-electron chi connectivity index (χ3n) is 10.6. The molecule has 4 amide bonds. The van der Waals surface area contributed by atoms with E-state index in [-0.39, 0.29) is 41.6 Å². The van der Waals surface area contributed by atoms with Gasteiger partial charge in [0.05, 0.1) is 31.3 Å². The number of nitrogens with one attached hydrogen (secondary N) is 4. The Morgan fingerprint density at radius 3 is 2.20 bits per heavy atom. The highest BCUT2D eigenvalue weighted by Gasteiger charge is 2.48. The number of Topliss-reactive ketones (excluding diaryl/α,β-unsaturated/α-hetero) is 1. The maximum absolute atomic E-state index is 14.5. The summed E-state index contributed by atoms with van der Waals surface area (Å²) in [4.78, 5) is 70.5. The van der Waals surface area contributed by atoms with Gasteiger partial charge in [-0.2, -0.15) is 0 Å². The van der Waals surface area contributed by atoms with E-state index >= 15 is 0 Å². The van der Waals surface area contributed by atoms with Crippen LogP contribution in [0, 0.1) is 22.7 Å². The third kappa shape index (κ3) is 12.8. The highest BCUT2D eigenvalue weighted by atomic mass is 16.5. The molecule has 1 aliphatic carbocycles. The van der Waals surface area contributed by atoms with Crippen LogP contribution in [0.5, 0.6) is 0 Å². The Labute approximate surface area is 322 Å². The molecule has 0 radical (unpaired) electrons. The molecule has 13 heteroatoms. The van der Waals surface area contributed by atoms with Crippen molar-refractivity contribution in [2.75, 3.05) is 33.8 Å². The Hall–Kier alpha value is -3.97. The zero-order valence-corrected chi connectivity index (χ0v) is 34.0. The lowest BCUT2D eigenvalue weighted by molar-refractivity contribution is -0.142. The lowest BCUT2D eigenvalue weighted by atomic mass is 9.71. The Kier molecular flexibility index (Phi) is 16.1. The van der Waals surface area contributed by atoms with Crippen molar-refractivity contribution in [1.29, 1.82) is 0 Å². The van der Waals surface area contributed by atoms with E-state index in [1.165, 1.54) is 0 Å². The Morgan fingerprint density at radius 2 is 1.63 bits per heavy atom. The third-order valence-corrected chi connectivity index (χ3v) is 10.6. The molecule has 0 spiro atoms. The summed E-state index contributed by atoms with van der Waals surface area (Å²) in [5.41, 5.74) is 1.22. The van der Waals surface area contributed by atoms with Gasteiger partial charge in [-0.05, 0) is 66.8 Å². The van der Waals surface area contributed by atoms with E-state index in [1.54, 1.807) is 9.80 Å². The van der Waals surface area contributed by atoms with Gasteiger partial charge in [0.25, 0.3) is 5.91 Å². The molecule has 2 fully saturated rings. The van der Waals surface area contributed by atoms with Gasteiger partial charge in [0, 0.05) is 26.3 Å². The number of hydrogen-bond donors (Lipinski definition) is 5. The zero-order valence-electron chi connectivity index (χ0n) is 34.0. The lowest BCUT2D eigenvalue weighted by Crippen LogP contribution is -2.59. The first-order valence-electron chi connectivity index (χ1n) is 19.5. The molecule has 0 bridgehead atoms. The molecule has 5 N–H and O–H groups in total. The van der Waals surface area contributed by atoms with E-state index in [2.05, 4.69) is 41.7 Å². The minimum absolute atomic E-state index is 0.106. The average molecular weight is 755 g/mol. The molecule has 13 nitrogen and oxygen atoms in total. The van der Waals surface area contributed by atoms with Crippen molar-refractivity contribution in [2.24, 2.45) is 22.7 Å². The van der Waals surface area contributed by atoms with Crippen LogP contribution < -0.4 is 21.3 Å². The minimum atomic E-state index is -1.35. The maximum Gasteiger partial charge on any atom is 0.407 e. The Morgan fingerprint density at radius 1 is 1.00 bits per heavy atom. The first kappa shape index (κ1) is 44.4. The summed E-state index contributed by atoms with van der Waals surface area (Å²) in [5, 5.41) is 22.8. The molecule has 1 saturated heterocycles. The molecule has 1 aliphatic heterocycles. The molecule has 1 aromatic rings. The van der Waals surface area contributed by atoms with Gasteiger partial charge < -0.3 is 35.6 Å². The standard InChI is InChI=1S/C41H66N6O7/c1-11-15-30(35(49)37(51)42-23-32(48)44-33(27(4)46(9)10)28-16-13-12-14-17-28)43-36(50)31-22-41(7,8)25-47(31)38(52)34(45-39(53)54-24-26(2)3)29-18-20-40(5,6)21-19-29/h12-14,16-17,26,29-31,33-34,36,43,50H,4,11,15,18-25H2,1-3,5-10H3,(H,42,51)(H,44,48)(H,45,53)/t30-,31+,33-,34+,36?/m1/s1. The van der Waals surface area contributed by atoms with E-state index < -0.39 is 60.6 Å². The van der Waals surface area contributed by atoms with Crippen LogP contribution in [-0.4, -0.2) is 103 Å². The monoisotopic (exact) mass is 754 g/mol. The second-order valence-corrected chi connectivity index (χ2v) is 17.3. The number of carbonyl (C=O) groups excluding carboxylic acids is 5. The van der Waals surface area contributed by atoms with Gasteiger partial charge in [-0.25, -0.2) is 4.79 Å². The lowest BCUT2D eigenvalue weighted by Gasteiger charge is -2.40. The van der Waals surface area contributed by atoms with E-state index in [1.807, 2.05) is 79.0 Å². The number of hydrogen-bond acceptors (Lipinski definition) is 9. The summed E-state index contributed by atoms with van der Waals surface area (Å²) < 4.78 is 5.43. The molecule has 5 atom stereocenters. The first-order chi connectivity index (χ1) is 25.2. The summed E-state index contributed by atoms with van der Waals surface area (Å²) in [5.74, 6) is -2.57. The maximum atomic E-state index is 14.5. The smallest absolute Gasteiger partial charge is 0.407 e. The molecule has 3 rings (SSSR count). The number of alkyl carbamates (subject to hydrolysis) is 1. The molecule has 2 aliphatic rings. The predicted molar refractivity (Wildman–Crippen MR) is 209 cm³/mol. The Bertz CT molecular complexity index is 1450. The zero-order chi connectivity index (χ0) is 40.4. The predicted octanol–water partition coefficient (Wildman–Crippen LogP) is 4.28. The highest BCUT2D eigenvalue weighted by molar-refractivity contribution is 6.38. The number of likely N-dealkylation sites (N-methyl/N-ethyl adjacent to an activating group) is 1. The SMILES string of the molecule is C=C([C@@H](NC(=O)CNC(=O)C(=O)[C@@H](CCC)NC(O)[C@@H]1CC(C)(C)CN1C(=O)[C@@H](NC(=O)OCC(C)C)C1CCC(C)(C)CC1)c1ccccc1)N(C)C. The number of amides is 4. The van der Waals surface area contributed by atoms with E-state index in [4.69, 9.17) is 4.74 Å². The van der Waals surface area contributed by atoms with Crippen LogP contribution in [0.3, 0.4) is 0 Å². The van der Waals surface area contributed by atoms with E-state index in [9.17, 15) is 29.1 Å². The van der Waals surface area contributed by atoms with Crippen LogP contribution in [0.1, 0.15) is 105 Å². The molecule has 1 saturated carbocycles. The van der Waals surface area contributed by atoms with Gasteiger partial charge in [-0.15, -0.1) is 0 Å². The van der Waals surface area contributed by atoms with Gasteiger partial charge in [0.15, 0.2) is 0 Å². The van der Waals surface area contributed by atoms with E-state index in [0.29, 0.717) is 25.1 Å². The van der Waals surface area contributed by atoms with Crippen molar-refractivity contribution in [1.82, 2.24) is 31.1 Å². The van der Waals surface area contributed by atoms with Crippen LogP contribution in [0.4, 0.5) is 4.79 Å². The molecule has 302 valence electrons. The molecule has 1 unspecified atom stereocenters. The quantitative estimate of drug-likeness (QED) is 0.109. The number of ketones is 1. The molecular weight excluding hydrogens is 688 g/mol. The van der Waals surface area contributed by atoms with Crippen molar-refractivity contribution in [3.63, 3.8) is 0 Å². The fourth-order valence-corrected chi connectivity index (χ4v) is 7.35. The number of benzene rings is 1. The van der Waals surface area contributed by atoms with Gasteiger partial charge in [-0.1, -0.05) is 91.8 Å². The number of nitrogens with zero attached hydrogens (tertiary/aromatic N) is 2. The first-order valence-corrected chi connectivity index (χ1v) is 19.5. The van der Waals surface area contributed by atoms with Crippen LogP contribution in [0.15, 0.2) is 42.6 Å². The second-order valence-electron chi connectivity index (χ2n) is 17.3. The largest absolute Gasteiger partial charge is 0.449 e. The number of aliphatic hydroxyl groups excluding tert-OH is 1. The number of rotatable bonds is 18. The Balaban J connectivity index is 1.73. The van der Waals surface area contributed by atoms with Crippen LogP contribution in [0.25, 0.3) is 0 Å².